The largest absolute Gasteiger partial charge is 0.481 e. The van der Waals surface area contributed by atoms with E-state index in [-0.39, 0.29) is 18.5 Å². The van der Waals surface area contributed by atoms with Gasteiger partial charge in [0.05, 0.1) is 26.2 Å². The Morgan fingerprint density at radius 2 is 2.05 bits per heavy atom. The van der Waals surface area contributed by atoms with Crippen LogP contribution in [0.15, 0.2) is 0 Å². The Labute approximate surface area is 112 Å². The van der Waals surface area contributed by atoms with Gasteiger partial charge in [-0.1, -0.05) is 0 Å². The van der Waals surface area contributed by atoms with Crippen molar-refractivity contribution in [2.75, 3.05) is 33.5 Å². The van der Waals surface area contributed by atoms with Crippen molar-refractivity contribution in [2.24, 2.45) is 5.92 Å². The summed E-state index contributed by atoms with van der Waals surface area (Å²) < 4.78 is 10.0. The minimum Gasteiger partial charge on any atom is -0.481 e. The Balaban J connectivity index is 2.09. The number of nitrogens with one attached hydrogen (secondary N) is 2. The highest BCUT2D eigenvalue weighted by Gasteiger charge is 2.33. The van der Waals surface area contributed by atoms with Crippen LogP contribution in [0.25, 0.3) is 0 Å². The quantitative estimate of drug-likeness (QED) is 0.495. The fourth-order valence-electron chi connectivity index (χ4n) is 1.72. The van der Waals surface area contributed by atoms with Gasteiger partial charge in [-0.3, -0.25) is 4.79 Å². The number of urea groups is 1. The number of hydrogen-bond donors (Lipinski definition) is 3. The molecule has 7 nitrogen and oxygen atoms in total. The summed E-state index contributed by atoms with van der Waals surface area (Å²) in [7, 11) is 1.59. The van der Waals surface area contributed by atoms with E-state index in [1.165, 1.54) is 0 Å². The molecule has 0 aromatic carbocycles. The molecule has 0 aliphatic heterocycles. The summed E-state index contributed by atoms with van der Waals surface area (Å²) >= 11 is 0. The van der Waals surface area contributed by atoms with E-state index >= 15 is 0 Å². The highest BCUT2D eigenvalue weighted by molar-refractivity contribution is 5.75. The van der Waals surface area contributed by atoms with Gasteiger partial charge in [-0.15, -0.1) is 0 Å². The van der Waals surface area contributed by atoms with Crippen molar-refractivity contribution >= 4 is 12.0 Å². The molecule has 19 heavy (non-hydrogen) atoms. The molecule has 0 saturated heterocycles. The van der Waals surface area contributed by atoms with Crippen LogP contribution < -0.4 is 10.6 Å². The summed E-state index contributed by atoms with van der Waals surface area (Å²) in [6.45, 7) is 1.81. The molecule has 1 fully saturated rings. The van der Waals surface area contributed by atoms with E-state index in [9.17, 15) is 9.59 Å². The molecular weight excluding hydrogens is 252 g/mol. The van der Waals surface area contributed by atoms with E-state index in [0.29, 0.717) is 32.3 Å². The van der Waals surface area contributed by atoms with Crippen molar-refractivity contribution in [3.8, 4) is 0 Å². The molecule has 1 unspecified atom stereocenters. The number of carbonyl (C=O) groups excluding carboxylic acids is 1. The van der Waals surface area contributed by atoms with Gasteiger partial charge in [-0.2, -0.15) is 0 Å². The standard InChI is InChI=1S/C12H22N2O5/c1-18-6-7-19-5-4-13-12(17)14-10(8-11(15)16)9-2-3-9/h9-10H,2-8H2,1H3,(H,15,16)(H2,13,14,17). The third-order valence-corrected chi connectivity index (χ3v) is 2.87. The third kappa shape index (κ3) is 7.63. The number of rotatable bonds is 10. The van der Waals surface area contributed by atoms with Crippen LogP contribution in [0, 0.1) is 5.92 Å². The molecule has 0 bridgehead atoms. The van der Waals surface area contributed by atoms with E-state index in [4.69, 9.17) is 14.6 Å². The normalized spacial score (nSPS) is 15.8. The fourth-order valence-corrected chi connectivity index (χ4v) is 1.72. The van der Waals surface area contributed by atoms with Gasteiger partial charge < -0.3 is 25.2 Å². The van der Waals surface area contributed by atoms with Crippen LogP contribution in [-0.2, 0) is 14.3 Å². The third-order valence-electron chi connectivity index (χ3n) is 2.87. The van der Waals surface area contributed by atoms with Crippen LogP contribution in [0.5, 0.6) is 0 Å². The monoisotopic (exact) mass is 274 g/mol. The van der Waals surface area contributed by atoms with Gasteiger partial charge in [0.15, 0.2) is 0 Å². The van der Waals surface area contributed by atoms with Crippen molar-refractivity contribution < 1.29 is 24.2 Å². The minimum absolute atomic E-state index is 0.0254. The first-order chi connectivity index (χ1) is 9.13. The number of methoxy groups -OCH3 is 1. The van der Waals surface area contributed by atoms with Crippen molar-refractivity contribution in [2.45, 2.75) is 25.3 Å². The van der Waals surface area contributed by atoms with Gasteiger partial charge in [-0.05, 0) is 18.8 Å². The molecule has 1 atom stereocenters. The zero-order chi connectivity index (χ0) is 14.1. The molecular formula is C12H22N2O5. The lowest BCUT2D eigenvalue weighted by atomic mass is 10.1. The number of amides is 2. The molecule has 1 aliphatic rings. The van der Waals surface area contributed by atoms with E-state index in [0.717, 1.165) is 12.8 Å². The van der Waals surface area contributed by atoms with Crippen LogP contribution in [0.1, 0.15) is 19.3 Å². The summed E-state index contributed by atoms with van der Waals surface area (Å²) in [5, 5.41) is 14.1. The molecule has 0 spiro atoms. The molecule has 110 valence electrons. The van der Waals surface area contributed by atoms with Gasteiger partial charge >= 0.3 is 12.0 Å². The van der Waals surface area contributed by atoms with E-state index in [1.807, 2.05) is 0 Å². The Morgan fingerprint density at radius 3 is 2.63 bits per heavy atom. The van der Waals surface area contributed by atoms with E-state index in [2.05, 4.69) is 10.6 Å². The molecule has 1 aliphatic carbocycles. The van der Waals surface area contributed by atoms with Crippen LogP contribution in [0.3, 0.4) is 0 Å². The van der Waals surface area contributed by atoms with E-state index in [1.54, 1.807) is 7.11 Å². The van der Waals surface area contributed by atoms with Gasteiger partial charge in [-0.25, -0.2) is 4.79 Å². The van der Waals surface area contributed by atoms with E-state index < -0.39 is 5.97 Å². The molecule has 2 amide bonds. The van der Waals surface area contributed by atoms with Crippen LogP contribution in [0.2, 0.25) is 0 Å². The molecule has 3 N–H and O–H groups in total. The molecule has 0 aromatic heterocycles. The summed E-state index contributed by atoms with van der Waals surface area (Å²) in [6.07, 6.45) is 1.94. The first-order valence-electron chi connectivity index (χ1n) is 6.46. The second-order valence-electron chi connectivity index (χ2n) is 4.55. The zero-order valence-corrected chi connectivity index (χ0v) is 11.2. The number of aliphatic carboxylic acids is 1. The molecule has 7 heteroatoms. The van der Waals surface area contributed by atoms with Gasteiger partial charge in [0.2, 0.25) is 0 Å². The average molecular weight is 274 g/mol. The summed E-state index contributed by atoms with van der Waals surface area (Å²) in [6, 6.07) is -0.611. The first-order valence-corrected chi connectivity index (χ1v) is 6.46. The average Bonchev–Trinajstić information content (AvgIpc) is 3.16. The molecule has 0 aromatic rings. The SMILES string of the molecule is COCCOCCNC(=O)NC(CC(=O)O)C1CC1. The van der Waals surface area contributed by atoms with Crippen LogP contribution in [-0.4, -0.2) is 56.6 Å². The Hall–Kier alpha value is -1.34. The minimum atomic E-state index is -0.889. The van der Waals surface area contributed by atoms with Crippen molar-refractivity contribution in [3.05, 3.63) is 0 Å². The maximum atomic E-state index is 11.6. The van der Waals surface area contributed by atoms with Crippen LogP contribution in [0.4, 0.5) is 4.79 Å². The number of hydrogen-bond acceptors (Lipinski definition) is 4. The first kappa shape index (κ1) is 15.7. The number of ether oxygens (including phenoxy) is 2. The molecule has 1 rings (SSSR count). The van der Waals surface area contributed by atoms with Gasteiger partial charge in [0.25, 0.3) is 0 Å². The second-order valence-corrected chi connectivity index (χ2v) is 4.55. The molecule has 1 saturated carbocycles. The number of carbonyl (C=O) groups is 2. The zero-order valence-electron chi connectivity index (χ0n) is 11.2. The summed E-state index contributed by atoms with van der Waals surface area (Å²) in [5.41, 5.74) is 0. The van der Waals surface area contributed by atoms with Crippen molar-refractivity contribution in [1.29, 1.82) is 0 Å². The fraction of sp³-hybridized carbons (Fsp3) is 0.833. The second kappa shape index (κ2) is 8.71. The highest BCUT2D eigenvalue weighted by atomic mass is 16.5. The summed E-state index contributed by atoms with van der Waals surface area (Å²) in [5.74, 6) is -0.583. The molecule has 0 radical (unpaired) electrons. The predicted molar refractivity (Wildman–Crippen MR) is 68.0 cm³/mol. The van der Waals surface area contributed by atoms with Gasteiger partial charge in [0, 0.05) is 19.7 Å². The Kier molecular flexibility index (Phi) is 7.20. The predicted octanol–water partition coefficient (Wildman–Crippen LogP) is 0.202. The number of carboxylic acids is 1. The van der Waals surface area contributed by atoms with Gasteiger partial charge in [0.1, 0.15) is 0 Å². The lowest BCUT2D eigenvalue weighted by Gasteiger charge is -2.16. The topological polar surface area (TPSA) is 96.9 Å². The van der Waals surface area contributed by atoms with Crippen LogP contribution >= 0.6 is 0 Å². The Bertz CT molecular complexity index is 294. The maximum Gasteiger partial charge on any atom is 0.315 e. The van der Waals surface area contributed by atoms with Crippen molar-refractivity contribution in [3.63, 3.8) is 0 Å². The number of carboxylic acid groups (broad SMARTS) is 1. The molecule has 0 heterocycles. The smallest absolute Gasteiger partial charge is 0.315 e. The Morgan fingerprint density at radius 1 is 1.32 bits per heavy atom. The lowest BCUT2D eigenvalue weighted by Crippen LogP contribution is -2.45. The highest BCUT2D eigenvalue weighted by Crippen LogP contribution is 2.33. The maximum absolute atomic E-state index is 11.6. The summed E-state index contributed by atoms with van der Waals surface area (Å²) in [4.78, 5) is 22.2. The lowest BCUT2D eigenvalue weighted by molar-refractivity contribution is -0.137. The van der Waals surface area contributed by atoms with Crippen molar-refractivity contribution in [1.82, 2.24) is 10.6 Å².